The van der Waals surface area contributed by atoms with Gasteiger partial charge in [-0.05, 0) is 18.6 Å². The lowest BCUT2D eigenvalue weighted by Crippen LogP contribution is -2.38. The minimum atomic E-state index is -0.641. The molecule has 0 aliphatic heterocycles. The predicted octanol–water partition coefficient (Wildman–Crippen LogP) is 0.947. The first kappa shape index (κ1) is 16.4. The number of nitrogens with one attached hydrogen (secondary N) is 2. The van der Waals surface area contributed by atoms with Crippen LogP contribution >= 0.6 is 0 Å². The number of carbonyl (C=O) groups is 2. The predicted molar refractivity (Wildman–Crippen MR) is 75.1 cm³/mol. The van der Waals surface area contributed by atoms with E-state index in [2.05, 4.69) is 10.6 Å². The Balaban J connectivity index is 1.80. The Kier molecular flexibility index (Phi) is 5.43. The highest BCUT2D eigenvalue weighted by Crippen LogP contribution is 2.49. The van der Waals surface area contributed by atoms with Gasteiger partial charge in [-0.2, -0.15) is 0 Å². The van der Waals surface area contributed by atoms with Crippen molar-refractivity contribution in [2.75, 3.05) is 26.8 Å². The van der Waals surface area contributed by atoms with E-state index in [4.69, 9.17) is 4.74 Å². The van der Waals surface area contributed by atoms with E-state index in [-0.39, 0.29) is 23.9 Å². The van der Waals surface area contributed by atoms with Gasteiger partial charge in [0.05, 0.1) is 13.2 Å². The zero-order valence-corrected chi connectivity index (χ0v) is 12.2. The van der Waals surface area contributed by atoms with Gasteiger partial charge in [0, 0.05) is 31.1 Å². The van der Waals surface area contributed by atoms with E-state index < -0.39 is 23.5 Å². The van der Waals surface area contributed by atoms with Crippen LogP contribution in [0, 0.1) is 17.6 Å². The van der Waals surface area contributed by atoms with Gasteiger partial charge in [0.15, 0.2) is 0 Å². The standard InChI is InChI=1S/C15H18F2N2O3/c1-22-6-5-18-13(20)8-19-15(21)10-7-9(10)14-11(16)3-2-4-12(14)17/h2-4,9-10H,5-8H2,1H3,(H,18,20)(H,19,21). The average Bonchev–Trinajstić information content (AvgIpc) is 3.25. The second-order valence-corrected chi connectivity index (χ2v) is 5.14. The van der Waals surface area contributed by atoms with Crippen molar-refractivity contribution in [1.82, 2.24) is 10.6 Å². The molecule has 2 N–H and O–H groups in total. The molecule has 1 aliphatic carbocycles. The van der Waals surface area contributed by atoms with E-state index in [1.54, 1.807) is 0 Å². The van der Waals surface area contributed by atoms with E-state index in [9.17, 15) is 18.4 Å². The SMILES string of the molecule is COCCNC(=O)CNC(=O)C1CC1c1c(F)cccc1F. The summed E-state index contributed by atoms with van der Waals surface area (Å²) in [6.45, 7) is 0.583. The first-order chi connectivity index (χ1) is 10.5. The van der Waals surface area contributed by atoms with Crippen LogP contribution in [0.4, 0.5) is 8.78 Å². The molecule has 0 radical (unpaired) electrons. The highest BCUT2D eigenvalue weighted by Gasteiger charge is 2.46. The minimum absolute atomic E-state index is 0.0489. The third-order valence-corrected chi connectivity index (χ3v) is 3.55. The maximum absolute atomic E-state index is 13.6. The largest absolute Gasteiger partial charge is 0.383 e. The van der Waals surface area contributed by atoms with E-state index >= 15 is 0 Å². The molecule has 1 aromatic carbocycles. The number of ether oxygens (including phenoxy) is 1. The molecule has 0 heterocycles. The normalized spacial score (nSPS) is 19.6. The van der Waals surface area contributed by atoms with Crippen LogP contribution in [0.5, 0.6) is 0 Å². The lowest BCUT2D eigenvalue weighted by Gasteiger charge is -2.07. The lowest BCUT2D eigenvalue weighted by molar-refractivity contribution is -0.126. The van der Waals surface area contributed by atoms with Crippen LogP contribution in [-0.4, -0.2) is 38.6 Å². The molecule has 2 unspecified atom stereocenters. The summed E-state index contributed by atoms with van der Waals surface area (Å²) in [6.07, 6.45) is 0.384. The van der Waals surface area contributed by atoms with Gasteiger partial charge in [-0.3, -0.25) is 9.59 Å². The fraction of sp³-hybridized carbons (Fsp3) is 0.467. The number of halogens is 2. The summed E-state index contributed by atoms with van der Waals surface area (Å²) < 4.78 is 32.0. The number of amides is 2. The maximum atomic E-state index is 13.6. The number of hydrogen-bond acceptors (Lipinski definition) is 3. The number of hydrogen-bond donors (Lipinski definition) is 2. The molecule has 1 fully saturated rings. The van der Waals surface area contributed by atoms with Gasteiger partial charge in [0.1, 0.15) is 11.6 Å². The molecule has 0 spiro atoms. The first-order valence-electron chi connectivity index (χ1n) is 7.01. The topological polar surface area (TPSA) is 67.4 Å². The molecule has 7 heteroatoms. The lowest BCUT2D eigenvalue weighted by atomic mass is 10.1. The molecule has 2 rings (SSSR count). The Morgan fingerprint density at radius 3 is 2.59 bits per heavy atom. The maximum Gasteiger partial charge on any atom is 0.239 e. The van der Waals surface area contributed by atoms with Crippen molar-refractivity contribution in [1.29, 1.82) is 0 Å². The third kappa shape index (κ3) is 4.00. The zero-order chi connectivity index (χ0) is 16.1. The Labute approximate surface area is 127 Å². The Bertz CT molecular complexity index is 545. The highest BCUT2D eigenvalue weighted by atomic mass is 19.1. The summed E-state index contributed by atoms with van der Waals surface area (Å²) in [5, 5.41) is 5.03. The molecule has 1 saturated carbocycles. The molecular formula is C15H18F2N2O3. The van der Waals surface area contributed by atoms with Crippen molar-refractivity contribution >= 4 is 11.8 Å². The van der Waals surface area contributed by atoms with Gasteiger partial charge >= 0.3 is 0 Å². The van der Waals surface area contributed by atoms with Crippen LogP contribution in [0.2, 0.25) is 0 Å². The third-order valence-electron chi connectivity index (χ3n) is 3.55. The molecule has 5 nitrogen and oxygen atoms in total. The number of carbonyl (C=O) groups excluding carboxylic acids is 2. The van der Waals surface area contributed by atoms with E-state index in [1.165, 1.54) is 25.3 Å². The van der Waals surface area contributed by atoms with E-state index in [1.807, 2.05) is 0 Å². The Hall–Kier alpha value is -2.02. The zero-order valence-electron chi connectivity index (χ0n) is 12.2. The van der Waals surface area contributed by atoms with Crippen molar-refractivity contribution < 1.29 is 23.1 Å². The summed E-state index contributed by atoms with van der Waals surface area (Å²) in [4.78, 5) is 23.3. The second kappa shape index (κ2) is 7.31. The van der Waals surface area contributed by atoms with Crippen molar-refractivity contribution in [3.63, 3.8) is 0 Å². The molecule has 1 aliphatic rings. The Morgan fingerprint density at radius 2 is 1.95 bits per heavy atom. The van der Waals surface area contributed by atoms with Gasteiger partial charge in [-0.1, -0.05) is 6.07 Å². The van der Waals surface area contributed by atoms with Gasteiger partial charge in [-0.25, -0.2) is 8.78 Å². The number of benzene rings is 1. The van der Waals surface area contributed by atoms with Crippen LogP contribution in [-0.2, 0) is 14.3 Å². The molecule has 1 aromatic rings. The van der Waals surface area contributed by atoms with E-state index in [0.29, 0.717) is 19.6 Å². The van der Waals surface area contributed by atoms with Crippen LogP contribution < -0.4 is 10.6 Å². The molecule has 120 valence electrons. The summed E-state index contributed by atoms with van der Waals surface area (Å²) in [7, 11) is 1.52. The minimum Gasteiger partial charge on any atom is -0.383 e. The smallest absolute Gasteiger partial charge is 0.239 e. The van der Waals surface area contributed by atoms with Crippen molar-refractivity contribution in [3.05, 3.63) is 35.4 Å². The number of rotatable bonds is 7. The van der Waals surface area contributed by atoms with Crippen molar-refractivity contribution in [2.45, 2.75) is 12.3 Å². The van der Waals surface area contributed by atoms with Crippen LogP contribution in [0.15, 0.2) is 18.2 Å². The fourth-order valence-electron chi connectivity index (χ4n) is 2.32. The summed E-state index contributed by atoms with van der Waals surface area (Å²) in [5.74, 6) is -2.93. The molecular weight excluding hydrogens is 294 g/mol. The average molecular weight is 312 g/mol. The molecule has 0 saturated heterocycles. The highest BCUT2D eigenvalue weighted by molar-refractivity contribution is 5.87. The molecule has 0 bridgehead atoms. The second-order valence-electron chi connectivity index (χ2n) is 5.14. The van der Waals surface area contributed by atoms with E-state index in [0.717, 1.165) is 0 Å². The monoisotopic (exact) mass is 312 g/mol. The summed E-state index contributed by atoms with van der Waals surface area (Å²) >= 11 is 0. The van der Waals surface area contributed by atoms with Gasteiger partial charge in [-0.15, -0.1) is 0 Å². The van der Waals surface area contributed by atoms with Crippen molar-refractivity contribution in [2.24, 2.45) is 5.92 Å². The number of methoxy groups -OCH3 is 1. The summed E-state index contributed by atoms with van der Waals surface area (Å²) in [6, 6.07) is 3.64. The fourth-order valence-corrected chi connectivity index (χ4v) is 2.32. The first-order valence-corrected chi connectivity index (χ1v) is 7.01. The van der Waals surface area contributed by atoms with Gasteiger partial charge in [0.2, 0.25) is 11.8 Å². The van der Waals surface area contributed by atoms with Gasteiger partial charge < -0.3 is 15.4 Å². The van der Waals surface area contributed by atoms with Crippen LogP contribution in [0.1, 0.15) is 17.9 Å². The molecule has 0 aromatic heterocycles. The molecule has 2 amide bonds. The summed E-state index contributed by atoms with van der Waals surface area (Å²) in [5.41, 5.74) is -0.0489. The van der Waals surface area contributed by atoms with Crippen LogP contribution in [0.25, 0.3) is 0 Å². The van der Waals surface area contributed by atoms with Crippen LogP contribution in [0.3, 0.4) is 0 Å². The Morgan fingerprint density at radius 1 is 1.27 bits per heavy atom. The quantitative estimate of drug-likeness (QED) is 0.737. The van der Waals surface area contributed by atoms with Crippen molar-refractivity contribution in [3.8, 4) is 0 Å². The molecule has 22 heavy (non-hydrogen) atoms. The molecule has 2 atom stereocenters. The van der Waals surface area contributed by atoms with Gasteiger partial charge in [0.25, 0.3) is 0 Å².